The largest absolute Gasteiger partial charge is 0.388 e. The third kappa shape index (κ3) is 2.91. The lowest BCUT2D eigenvalue weighted by molar-refractivity contribution is 0.147. The molecule has 2 atom stereocenters. The first-order valence-corrected chi connectivity index (χ1v) is 6.28. The maximum absolute atomic E-state index is 10.4. The average molecular weight is 262 g/mol. The number of nitrogens with two attached hydrogens (primary N) is 1. The van der Waals surface area contributed by atoms with E-state index in [4.69, 9.17) is 17.3 Å². The van der Waals surface area contributed by atoms with E-state index in [-0.39, 0.29) is 5.92 Å². The summed E-state index contributed by atoms with van der Waals surface area (Å²) in [6.45, 7) is 0.387. The van der Waals surface area contributed by atoms with Crippen LogP contribution in [0, 0.1) is 0 Å². The quantitative estimate of drug-likeness (QED) is 0.888. The van der Waals surface area contributed by atoms with E-state index in [1.165, 1.54) is 0 Å². The van der Waals surface area contributed by atoms with Crippen LogP contribution >= 0.6 is 11.6 Å². The third-order valence-corrected chi connectivity index (χ3v) is 3.33. The van der Waals surface area contributed by atoms with Crippen molar-refractivity contribution in [1.82, 2.24) is 0 Å². The normalized spacial score (nSPS) is 14.2. The molecule has 0 bridgehead atoms. The van der Waals surface area contributed by atoms with Gasteiger partial charge in [0.1, 0.15) is 0 Å². The van der Waals surface area contributed by atoms with Gasteiger partial charge in [0.15, 0.2) is 0 Å². The zero-order valence-electron chi connectivity index (χ0n) is 9.96. The molecule has 0 fully saturated rings. The highest BCUT2D eigenvalue weighted by atomic mass is 35.5. The molecule has 2 aromatic carbocycles. The molecule has 2 rings (SSSR count). The number of aliphatic hydroxyl groups is 1. The number of aliphatic hydroxyl groups excluding tert-OH is 1. The monoisotopic (exact) mass is 261 g/mol. The van der Waals surface area contributed by atoms with Crippen LogP contribution < -0.4 is 5.73 Å². The van der Waals surface area contributed by atoms with Crippen LogP contribution in [0.15, 0.2) is 54.6 Å². The summed E-state index contributed by atoms with van der Waals surface area (Å²) in [5.74, 6) is -0.121. The Kier molecular flexibility index (Phi) is 4.37. The van der Waals surface area contributed by atoms with Gasteiger partial charge < -0.3 is 10.8 Å². The van der Waals surface area contributed by atoms with Gasteiger partial charge >= 0.3 is 0 Å². The lowest BCUT2D eigenvalue weighted by Crippen LogP contribution is -2.20. The molecule has 0 aliphatic heterocycles. The van der Waals surface area contributed by atoms with Crippen LogP contribution in [-0.2, 0) is 0 Å². The highest BCUT2D eigenvalue weighted by Crippen LogP contribution is 2.30. The maximum atomic E-state index is 10.4. The molecule has 94 valence electrons. The molecular formula is C15H16ClNO. The Bertz CT molecular complexity index is 484. The summed E-state index contributed by atoms with van der Waals surface area (Å²) in [7, 11) is 0. The number of benzene rings is 2. The van der Waals surface area contributed by atoms with Gasteiger partial charge in [0.05, 0.1) is 6.10 Å². The summed E-state index contributed by atoms with van der Waals surface area (Å²) in [4.78, 5) is 0. The smallest absolute Gasteiger partial charge is 0.0870 e. The van der Waals surface area contributed by atoms with Gasteiger partial charge in [0.25, 0.3) is 0 Å². The van der Waals surface area contributed by atoms with E-state index in [1.807, 2.05) is 54.6 Å². The van der Waals surface area contributed by atoms with Gasteiger partial charge in [-0.3, -0.25) is 0 Å². The lowest BCUT2D eigenvalue weighted by Gasteiger charge is -2.22. The molecule has 3 heteroatoms. The summed E-state index contributed by atoms with van der Waals surface area (Å²) in [5.41, 5.74) is 7.66. The molecule has 0 spiro atoms. The van der Waals surface area contributed by atoms with Crippen LogP contribution in [0.1, 0.15) is 23.1 Å². The van der Waals surface area contributed by atoms with Crippen LogP contribution in [0.4, 0.5) is 0 Å². The fourth-order valence-corrected chi connectivity index (χ4v) is 2.17. The molecule has 2 unspecified atom stereocenters. The van der Waals surface area contributed by atoms with Gasteiger partial charge in [0, 0.05) is 17.5 Å². The van der Waals surface area contributed by atoms with Crippen molar-refractivity contribution < 1.29 is 5.11 Å². The fraction of sp³-hybridized carbons (Fsp3) is 0.200. The van der Waals surface area contributed by atoms with E-state index in [0.717, 1.165) is 11.1 Å². The predicted octanol–water partition coefficient (Wildman–Crippen LogP) is 3.12. The first-order chi connectivity index (χ1) is 8.72. The molecule has 0 heterocycles. The Morgan fingerprint density at radius 2 is 1.56 bits per heavy atom. The SMILES string of the molecule is NCC(c1ccc(Cl)cc1)C(O)c1ccccc1. The number of hydrogen-bond acceptors (Lipinski definition) is 2. The highest BCUT2D eigenvalue weighted by molar-refractivity contribution is 6.30. The van der Waals surface area contributed by atoms with Crippen molar-refractivity contribution in [1.29, 1.82) is 0 Å². The van der Waals surface area contributed by atoms with Crippen molar-refractivity contribution in [2.45, 2.75) is 12.0 Å². The summed E-state index contributed by atoms with van der Waals surface area (Å²) in [6.07, 6.45) is -0.600. The Morgan fingerprint density at radius 1 is 0.944 bits per heavy atom. The zero-order valence-corrected chi connectivity index (χ0v) is 10.7. The minimum Gasteiger partial charge on any atom is -0.388 e. The molecule has 0 amide bonds. The first kappa shape index (κ1) is 13.1. The summed E-state index contributed by atoms with van der Waals surface area (Å²) < 4.78 is 0. The van der Waals surface area contributed by atoms with Crippen LogP contribution in [-0.4, -0.2) is 11.7 Å². The third-order valence-electron chi connectivity index (χ3n) is 3.07. The zero-order chi connectivity index (χ0) is 13.0. The molecule has 0 aliphatic carbocycles. The molecule has 0 saturated heterocycles. The first-order valence-electron chi connectivity index (χ1n) is 5.91. The minimum atomic E-state index is -0.600. The van der Waals surface area contributed by atoms with Crippen LogP contribution in [0.25, 0.3) is 0 Å². The Hall–Kier alpha value is -1.35. The Morgan fingerprint density at radius 3 is 2.11 bits per heavy atom. The van der Waals surface area contributed by atoms with E-state index in [9.17, 15) is 5.11 Å². The second-order valence-electron chi connectivity index (χ2n) is 4.25. The second kappa shape index (κ2) is 6.01. The van der Waals surface area contributed by atoms with Crippen LogP contribution in [0.3, 0.4) is 0 Å². The van der Waals surface area contributed by atoms with Crippen molar-refractivity contribution in [3.8, 4) is 0 Å². The van der Waals surface area contributed by atoms with Gasteiger partial charge in [-0.1, -0.05) is 54.1 Å². The van der Waals surface area contributed by atoms with Gasteiger partial charge in [-0.15, -0.1) is 0 Å². The van der Waals surface area contributed by atoms with E-state index in [0.29, 0.717) is 11.6 Å². The van der Waals surface area contributed by atoms with Crippen molar-refractivity contribution in [3.05, 3.63) is 70.7 Å². The van der Waals surface area contributed by atoms with Crippen molar-refractivity contribution in [3.63, 3.8) is 0 Å². The molecule has 2 nitrogen and oxygen atoms in total. The van der Waals surface area contributed by atoms with E-state index >= 15 is 0 Å². The van der Waals surface area contributed by atoms with Gasteiger partial charge in [-0.25, -0.2) is 0 Å². The lowest BCUT2D eigenvalue weighted by atomic mass is 9.89. The van der Waals surface area contributed by atoms with E-state index in [1.54, 1.807) is 0 Å². The molecule has 0 saturated carbocycles. The molecule has 2 aromatic rings. The number of halogens is 1. The molecule has 18 heavy (non-hydrogen) atoms. The van der Waals surface area contributed by atoms with E-state index in [2.05, 4.69) is 0 Å². The van der Waals surface area contributed by atoms with Gasteiger partial charge in [-0.2, -0.15) is 0 Å². The van der Waals surface area contributed by atoms with Crippen molar-refractivity contribution >= 4 is 11.6 Å². The standard InChI is InChI=1S/C15H16ClNO/c16-13-8-6-11(7-9-13)14(10-17)15(18)12-4-2-1-3-5-12/h1-9,14-15,18H,10,17H2. The van der Waals surface area contributed by atoms with Gasteiger partial charge in [-0.05, 0) is 23.3 Å². The van der Waals surface area contributed by atoms with Crippen LogP contribution in [0.2, 0.25) is 5.02 Å². The molecule has 0 aromatic heterocycles. The van der Waals surface area contributed by atoms with E-state index < -0.39 is 6.10 Å². The molecule has 0 radical (unpaired) electrons. The molecule has 3 N–H and O–H groups in total. The fourth-order valence-electron chi connectivity index (χ4n) is 2.04. The molecular weight excluding hydrogens is 246 g/mol. The number of rotatable bonds is 4. The maximum Gasteiger partial charge on any atom is 0.0870 e. The van der Waals surface area contributed by atoms with Gasteiger partial charge in [0.2, 0.25) is 0 Å². The molecule has 0 aliphatic rings. The summed E-state index contributed by atoms with van der Waals surface area (Å²) >= 11 is 5.86. The Balaban J connectivity index is 2.26. The van der Waals surface area contributed by atoms with Crippen molar-refractivity contribution in [2.24, 2.45) is 5.73 Å². The highest BCUT2D eigenvalue weighted by Gasteiger charge is 2.21. The predicted molar refractivity (Wildman–Crippen MR) is 74.6 cm³/mol. The summed E-state index contributed by atoms with van der Waals surface area (Å²) in [5, 5.41) is 11.1. The summed E-state index contributed by atoms with van der Waals surface area (Å²) in [6, 6.07) is 17.0. The number of hydrogen-bond donors (Lipinski definition) is 2. The second-order valence-corrected chi connectivity index (χ2v) is 4.69. The average Bonchev–Trinajstić information content (AvgIpc) is 2.42. The topological polar surface area (TPSA) is 46.2 Å². The minimum absolute atomic E-state index is 0.121. The Labute approximate surface area is 112 Å². The van der Waals surface area contributed by atoms with Crippen LogP contribution in [0.5, 0.6) is 0 Å². The van der Waals surface area contributed by atoms with Crippen molar-refractivity contribution in [2.75, 3.05) is 6.54 Å².